The van der Waals surface area contributed by atoms with Gasteiger partial charge in [-0.05, 0) is 46.7 Å². The maximum atomic E-state index is 12.9. The zero-order valence-corrected chi connectivity index (χ0v) is 16.4. The number of nitrogens with one attached hydrogen (secondary N) is 1. The van der Waals surface area contributed by atoms with Gasteiger partial charge >= 0.3 is 0 Å². The number of fused-ring (bicyclic) bond motifs is 3. The van der Waals surface area contributed by atoms with Crippen molar-refractivity contribution >= 4 is 33.5 Å². The minimum absolute atomic E-state index is 0.0664. The van der Waals surface area contributed by atoms with Gasteiger partial charge in [0.05, 0.1) is 11.3 Å². The quantitative estimate of drug-likeness (QED) is 0.340. The Morgan fingerprint density at radius 3 is 2.55 bits per heavy atom. The first-order chi connectivity index (χ1) is 15.2. The minimum atomic E-state index is -0.190. The lowest BCUT2D eigenvalue weighted by atomic mass is 10.0. The molecule has 1 aliphatic heterocycles. The summed E-state index contributed by atoms with van der Waals surface area (Å²) in [6.45, 7) is 0. The first kappa shape index (κ1) is 17.5. The van der Waals surface area contributed by atoms with Crippen molar-refractivity contribution in [3.63, 3.8) is 0 Å². The third-order valence-electron chi connectivity index (χ3n) is 5.71. The van der Waals surface area contributed by atoms with Crippen molar-refractivity contribution in [2.45, 2.75) is 0 Å². The van der Waals surface area contributed by atoms with Crippen LogP contribution in [-0.2, 0) is 0 Å². The van der Waals surface area contributed by atoms with Crippen LogP contribution in [0.4, 0.5) is 0 Å². The van der Waals surface area contributed by atoms with E-state index in [1.165, 1.54) is 17.5 Å². The number of rotatable bonds is 2. The van der Waals surface area contributed by atoms with E-state index in [0.717, 1.165) is 33.1 Å². The van der Waals surface area contributed by atoms with Crippen molar-refractivity contribution in [3.05, 3.63) is 102 Å². The van der Waals surface area contributed by atoms with Crippen LogP contribution in [0.15, 0.2) is 90.7 Å². The molecule has 0 saturated heterocycles. The fraction of sp³-hybridized carbons (Fsp3) is 0. The fourth-order valence-electron chi connectivity index (χ4n) is 4.19. The molecule has 0 bridgehead atoms. The van der Waals surface area contributed by atoms with Crippen molar-refractivity contribution in [2.75, 3.05) is 0 Å². The molecule has 0 radical (unpaired) electrons. The third-order valence-corrected chi connectivity index (χ3v) is 5.71. The Bertz CT molecular complexity index is 1540. The van der Waals surface area contributed by atoms with Crippen LogP contribution in [0.3, 0.4) is 0 Å². The number of benzene rings is 4. The molecule has 1 aromatic heterocycles. The lowest BCUT2D eigenvalue weighted by Gasteiger charge is -2.05. The molecule has 4 aromatic carbocycles. The SMILES string of the molecule is O=C1/C(=C/c2c(-c3ccc4ccccc4c3)[nH]c3ccccc23)Oc2cc(O)ccc21. The molecule has 0 spiro atoms. The zero-order valence-electron chi connectivity index (χ0n) is 16.4. The molecule has 0 fully saturated rings. The Labute approximate surface area is 178 Å². The van der Waals surface area contributed by atoms with Gasteiger partial charge in [-0.15, -0.1) is 0 Å². The molecule has 4 nitrogen and oxygen atoms in total. The normalized spacial score (nSPS) is 14.3. The van der Waals surface area contributed by atoms with E-state index in [0.29, 0.717) is 11.3 Å². The van der Waals surface area contributed by atoms with Crippen LogP contribution in [0.2, 0.25) is 0 Å². The number of ether oxygens (including phenoxy) is 1. The Morgan fingerprint density at radius 2 is 1.65 bits per heavy atom. The second-order valence-corrected chi connectivity index (χ2v) is 7.64. The minimum Gasteiger partial charge on any atom is -0.508 e. The Balaban J connectivity index is 1.55. The first-order valence-corrected chi connectivity index (χ1v) is 10.0. The molecule has 0 aliphatic carbocycles. The van der Waals surface area contributed by atoms with Gasteiger partial charge in [0.2, 0.25) is 5.78 Å². The van der Waals surface area contributed by atoms with Crippen molar-refractivity contribution in [3.8, 4) is 22.8 Å². The number of aromatic amines is 1. The monoisotopic (exact) mass is 403 g/mol. The number of aromatic hydroxyl groups is 1. The number of phenolic OH excluding ortho intramolecular Hbond substituents is 1. The summed E-state index contributed by atoms with van der Waals surface area (Å²) < 4.78 is 5.82. The highest BCUT2D eigenvalue weighted by Crippen LogP contribution is 2.38. The predicted molar refractivity (Wildman–Crippen MR) is 122 cm³/mol. The second kappa shape index (κ2) is 6.61. The molecule has 31 heavy (non-hydrogen) atoms. The molecule has 148 valence electrons. The lowest BCUT2D eigenvalue weighted by Crippen LogP contribution is -1.98. The van der Waals surface area contributed by atoms with E-state index in [2.05, 4.69) is 35.3 Å². The molecule has 2 heterocycles. The summed E-state index contributed by atoms with van der Waals surface area (Å²) in [5.74, 6) is 0.497. The third kappa shape index (κ3) is 2.81. The summed E-state index contributed by atoms with van der Waals surface area (Å²) in [4.78, 5) is 16.4. The predicted octanol–water partition coefficient (Wildman–Crippen LogP) is 6.31. The summed E-state index contributed by atoms with van der Waals surface area (Å²) in [5.41, 5.74) is 4.29. The van der Waals surface area contributed by atoms with Crippen molar-refractivity contribution in [2.24, 2.45) is 0 Å². The average molecular weight is 403 g/mol. The van der Waals surface area contributed by atoms with Crippen molar-refractivity contribution < 1.29 is 14.6 Å². The van der Waals surface area contributed by atoms with Crippen LogP contribution in [0, 0.1) is 0 Å². The number of hydrogen-bond acceptors (Lipinski definition) is 3. The van der Waals surface area contributed by atoms with Crippen LogP contribution in [0.25, 0.3) is 39.0 Å². The molecule has 4 heteroatoms. The van der Waals surface area contributed by atoms with Crippen LogP contribution in [0.1, 0.15) is 15.9 Å². The highest BCUT2D eigenvalue weighted by molar-refractivity contribution is 6.16. The number of hydrogen-bond donors (Lipinski definition) is 2. The van der Waals surface area contributed by atoms with E-state index in [-0.39, 0.29) is 17.3 Å². The molecular weight excluding hydrogens is 386 g/mol. The number of phenols is 1. The van der Waals surface area contributed by atoms with Gasteiger partial charge in [0, 0.05) is 22.5 Å². The van der Waals surface area contributed by atoms with E-state index in [1.807, 2.05) is 36.4 Å². The van der Waals surface area contributed by atoms with Gasteiger partial charge in [-0.1, -0.05) is 54.6 Å². The number of ketones is 1. The number of H-pyrrole nitrogens is 1. The van der Waals surface area contributed by atoms with Gasteiger partial charge < -0.3 is 14.8 Å². The van der Waals surface area contributed by atoms with Crippen molar-refractivity contribution in [1.82, 2.24) is 4.98 Å². The van der Waals surface area contributed by atoms with E-state index < -0.39 is 0 Å². The van der Waals surface area contributed by atoms with Crippen LogP contribution in [-0.4, -0.2) is 15.9 Å². The zero-order chi connectivity index (χ0) is 20.9. The Kier molecular flexibility index (Phi) is 3.74. The number of Topliss-reactive ketones (excluding diaryl/α,β-unsaturated/α-hetero) is 1. The summed E-state index contributed by atoms with van der Waals surface area (Å²) in [6, 6.07) is 27.1. The van der Waals surface area contributed by atoms with E-state index >= 15 is 0 Å². The van der Waals surface area contributed by atoms with Gasteiger partial charge in [0.15, 0.2) is 5.76 Å². The largest absolute Gasteiger partial charge is 0.508 e. The Morgan fingerprint density at radius 1 is 0.839 bits per heavy atom. The van der Waals surface area contributed by atoms with Crippen LogP contribution < -0.4 is 4.74 Å². The molecule has 5 aromatic rings. The summed E-state index contributed by atoms with van der Waals surface area (Å²) in [5, 5.41) is 13.1. The van der Waals surface area contributed by atoms with Gasteiger partial charge in [0.1, 0.15) is 11.5 Å². The second-order valence-electron chi connectivity index (χ2n) is 7.64. The number of aromatic nitrogens is 1. The number of carbonyl (C=O) groups excluding carboxylic acids is 1. The number of para-hydroxylation sites is 1. The summed E-state index contributed by atoms with van der Waals surface area (Å²) >= 11 is 0. The molecule has 1 aliphatic rings. The number of carbonyl (C=O) groups is 1. The van der Waals surface area contributed by atoms with E-state index in [4.69, 9.17) is 4.74 Å². The molecule has 0 unspecified atom stereocenters. The van der Waals surface area contributed by atoms with Crippen LogP contribution >= 0.6 is 0 Å². The van der Waals surface area contributed by atoms with Gasteiger partial charge in [-0.3, -0.25) is 4.79 Å². The molecule has 0 saturated carbocycles. The van der Waals surface area contributed by atoms with E-state index in [1.54, 1.807) is 12.1 Å². The topological polar surface area (TPSA) is 62.3 Å². The molecular formula is C27H17NO3. The Hall–Kier alpha value is -4.31. The van der Waals surface area contributed by atoms with E-state index in [9.17, 15) is 9.90 Å². The number of allylic oxidation sites excluding steroid dienone is 1. The highest BCUT2D eigenvalue weighted by Gasteiger charge is 2.28. The lowest BCUT2D eigenvalue weighted by molar-refractivity contribution is 0.101. The maximum absolute atomic E-state index is 12.9. The van der Waals surface area contributed by atoms with Crippen LogP contribution in [0.5, 0.6) is 11.5 Å². The highest BCUT2D eigenvalue weighted by atomic mass is 16.5. The molecule has 0 amide bonds. The summed E-state index contributed by atoms with van der Waals surface area (Å²) in [6.07, 6.45) is 1.79. The molecule has 0 atom stereocenters. The fourth-order valence-corrected chi connectivity index (χ4v) is 4.19. The van der Waals surface area contributed by atoms with Gasteiger partial charge in [-0.2, -0.15) is 0 Å². The van der Waals surface area contributed by atoms with Gasteiger partial charge in [0.25, 0.3) is 0 Å². The molecule has 6 rings (SSSR count). The average Bonchev–Trinajstić information content (AvgIpc) is 3.31. The summed E-state index contributed by atoms with van der Waals surface area (Å²) in [7, 11) is 0. The van der Waals surface area contributed by atoms with Gasteiger partial charge in [-0.25, -0.2) is 0 Å². The first-order valence-electron chi connectivity index (χ1n) is 10.0. The smallest absolute Gasteiger partial charge is 0.231 e. The molecule has 2 N–H and O–H groups in total. The standard InChI is InChI=1S/C27H17NO3/c29-19-11-12-21-24(14-19)31-25(27(21)30)15-22-20-7-3-4-8-23(20)28-26(22)18-10-9-16-5-1-2-6-17(16)13-18/h1-15,28-29H/b25-15-. The van der Waals surface area contributed by atoms with Crippen molar-refractivity contribution in [1.29, 1.82) is 0 Å². The maximum Gasteiger partial charge on any atom is 0.231 e.